The van der Waals surface area contributed by atoms with Crippen LogP contribution in [0.1, 0.15) is 18.4 Å². The molecule has 1 aliphatic rings. The number of H-pyrrole nitrogens is 1. The summed E-state index contributed by atoms with van der Waals surface area (Å²) in [4.78, 5) is 18.3. The van der Waals surface area contributed by atoms with Gasteiger partial charge in [-0.1, -0.05) is 29.3 Å². The van der Waals surface area contributed by atoms with E-state index in [1.165, 1.54) is 11.5 Å². The predicted molar refractivity (Wildman–Crippen MR) is 96.5 cm³/mol. The highest BCUT2D eigenvalue weighted by Crippen LogP contribution is 2.30. The fraction of sp³-hybridized carbons (Fsp3) is 0.294. The Hall–Kier alpha value is -1.85. The van der Waals surface area contributed by atoms with E-state index in [1.807, 2.05) is 18.2 Å². The molecule has 0 bridgehead atoms. The number of nitrogens with zero attached hydrogens (tertiary/aromatic N) is 4. The number of aromatic amines is 1. The summed E-state index contributed by atoms with van der Waals surface area (Å²) in [5, 5.41) is 1.22. The van der Waals surface area contributed by atoms with Crippen molar-refractivity contribution >= 4 is 40.2 Å². The lowest BCUT2D eigenvalue weighted by atomic mass is 9.90. The Labute approximate surface area is 150 Å². The second-order valence-corrected chi connectivity index (χ2v) is 6.77. The lowest BCUT2D eigenvalue weighted by Crippen LogP contribution is -2.34. The second-order valence-electron chi connectivity index (χ2n) is 5.96. The standard InChI is InChI=1S/C17H16Cl2N5/c18-13-2-1-12(8-14(13)19)7-11-3-5-24(6-4-11)17-15-16(21-9-20-15)22-10-23-17/h1-2,8-10H,3-7H2,(H,20,21,22,23). The number of hydrogen-bond donors (Lipinski definition) is 1. The quantitative estimate of drug-likeness (QED) is 0.764. The molecule has 0 atom stereocenters. The van der Waals surface area contributed by atoms with Gasteiger partial charge in [0.2, 0.25) is 0 Å². The van der Waals surface area contributed by atoms with E-state index < -0.39 is 0 Å². The first-order valence-corrected chi connectivity index (χ1v) is 8.63. The van der Waals surface area contributed by atoms with Crippen molar-refractivity contribution in [2.24, 2.45) is 0 Å². The Kier molecular flexibility index (Phi) is 4.29. The second kappa shape index (κ2) is 6.57. The smallest absolute Gasteiger partial charge is 0.162 e. The van der Waals surface area contributed by atoms with Crippen LogP contribution < -0.4 is 4.90 Å². The highest BCUT2D eigenvalue weighted by Gasteiger charge is 2.23. The van der Waals surface area contributed by atoms with Crippen LogP contribution in [0.3, 0.4) is 0 Å². The van der Waals surface area contributed by atoms with Crippen molar-refractivity contribution in [2.45, 2.75) is 19.3 Å². The number of piperidine rings is 1. The molecular formula is C17H16Cl2N5. The molecule has 0 unspecified atom stereocenters. The van der Waals surface area contributed by atoms with Crippen molar-refractivity contribution in [1.29, 1.82) is 0 Å². The molecule has 0 aliphatic carbocycles. The first kappa shape index (κ1) is 15.7. The maximum Gasteiger partial charge on any atom is 0.162 e. The topological polar surface area (TPSA) is 57.7 Å². The number of halogens is 2. The molecule has 0 amide bonds. The highest BCUT2D eigenvalue weighted by molar-refractivity contribution is 6.42. The van der Waals surface area contributed by atoms with Crippen LogP contribution in [-0.4, -0.2) is 33.0 Å². The normalized spacial score (nSPS) is 16.0. The number of benzene rings is 1. The average molecular weight is 361 g/mol. The molecule has 0 spiro atoms. The van der Waals surface area contributed by atoms with Crippen molar-refractivity contribution < 1.29 is 0 Å². The zero-order valence-electron chi connectivity index (χ0n) is 13.0. The third-order valence-electron chi connectivity index (χ3n) is 4.41. The number of imidazole rings is 1. The molecule has 2 aromatic heterocycles. The molecule has 7 heteroatoms. The van der Waals surface area contributed by atoms with Crippen LogP contribution in [0.15, 0.2) is 30.9 Å². The summed E-state index contributed by atoms with van der Waals surface area (Å²) in [6.07, 6.45) is 6.28. The highest BCUT2D eigenvalue weighted by atomic mass is 35.5. The van der Waals surface area contributed by atoms with Crippen molar-refractivity contribution in [3.05, 3.63) is 52.4 Å². The monoisotopic (exact) mass is 360 g/mol. The van der Waals surface area contributed by atoms with E-state index in [1.54, 1.807) is 12.7 Å². The van der Waals surface area contributed by atoms with E-state index in [0.29, 0.717) is 10.0 Å². The minimum absolute atomic E-state index is 0.604. The summed E-state index contributed by atoms with van der Waals surface area (Å²) in [5.74, 6) is 2.44. The molecule has 1 fully saturated rings. The van der Waals surface area contributed by atoms with Gasteiger partial charge in [0.05, 0.1) is 16.4 Å². The SMILES string of the molecule is Clc1ccc(C[C]2CCN(c3ncnc4[nH]cnc34)CC2)cc1Cl. The third kappa shape index (κ3) is 3.06. The summed E-state index contributed by atoms with van der Waals surface area (Å²) in [6.45, 7) is 1.88. The van der Waals surface area contributed by atoms with Crippen molar-refractivity contribution in [1.82, 2.24) is 19.9 Å². The molecule has 3 aromatic rings. The van der Waals surface area contributed by atoms with E-state index >= 15 is 0 Å². The van der Waals surface area contributed by atoms with Crippen LogP contribution in [0.2, 0.25) is 10.0 Å². The molecule has 1 aromatic carbocycles. The largest absolute Gasteiger partial charge is 0.355 e. The van der Waals surface area contributed by atoms with Crippen LogP contribution in [0.25, 0.3) is 11.2 Å². The number of nitrogens with one attached hydrogen (secondary N) is 1. The van der Waals surface area contributed by atoms with Gasteiger partial charge in [0, 0.05) is 13.1 Å². The number of rotatable bonds is 3. The molecule has 1 N–H and O–H groups in total. The molecule has 5 nitrogen and oxygen atoms in total. The minimum atomic E-state index is 0.604. The molecule has 0 saturated carbocycles. The molecular weight excluding hydrogens is 345 g/mol. The summed E-state index contributed by atoms with van der Waals surface area (Å²) in [5.41, 5.74) is 2.83. The molecule has 3 heterocycles. The van der Waals surface area contributed by atoms with E-state index in [4.69, 9.17) is 23.2 Å². The molecule has 4 rings (SSSR count). The van der Waals surface area contributed by atoms with E-state index in [2.05, 4.69) is 24.8 Å². The van der Waals surface area contributed by atoms with Crippen LogP contribution >= 0.6 is 23.2 Å². The van der Waals surface area contributed by atoms with E-state index in [9.17, 15) is 0 Å². The van der Waals surface area contributed by atoms with E-state index in [0.717, 1.165) is 49.3 Å². The van der Waals surface area contributed by atoms with Crippen LogP contribution in [-0.2, 0) is 6.42 Å². The van der Waals surface area contributed by atoms with E-state index in [-0.39, 0.29) is 0 Å². The summed E-state index contributed by atoms with van der Waals surface area (Å²) >= 11 is 12.1. The number of fused-ring (bicyclic) bond motifs is 1. The Bertz CT molecular complexity index is 855. The van der Waals surface area contributed by atoms with Gasteiger partial charge >= 0.3 is 0 Å². The zero-order chi connectivity index (χ0) is 16.5. The molecule has 24 heavy (non-hydrogen) atoms. The third-order valence-corrected chi connectivity index (χ3v) is 5.15. The van der Waals surface area contributed by atoms with Gasteiger partial charge < -0.3 is 9.88 Å². The van der Waals surface area contributed by atoms with Gasteiger partial charge in [-0.05, 0) is 42.9 Å². The van der Waals surface area contributed by atoms with Gasteiger partial charge in [-0.3, -0.25) is 0 Å². The fourth-order valence-corrected chi connectivity index (χ4v) is 3.45. The van der Waals surface area contributed by atoms with Crippen molar-refractivity contribution in [3.8, 4) is 0 Å². The molecule has 123 valence electrons. The first-order chi connectivity index (χ1) is 11.7. The van der Waals surface area contributed by atoms with Gasteiger partial charge in [-0.2, -0.15) is 0 Å². The van der Waals surface area contributed by atoms with Crippen molar-refractivity contribution in [2.75, 3.05) is 18.0 Å². The Balaban J connectivity index is 1.43. The molecule has 1 aliphatic heterocycles. The van der Waals surface area contributed by atoms with Crippen LogP contribution in [0.5, 0.6) is 0 Å². The Morgan fingerprint density at radius 3 is 2.67 bits per heavy atom. The maximum atomic E-state index is 6.11. The lowest BCUT2D eigenvalue weighted by molar-refractivity contribution is 0.586. The number of hydrogen-bond acceptors (Lipinski definition) is 4. The predicted octanol–water partition coefficient (Wildman–Crippen LogP) is 4.08. The fourth-order valence-electron chi connectivity index (χ4n) is 3.13. The van der Waals surface area contributed by atoms with Crippen molar-refractivity contribution in [3.63, 3.8) is 0 Å². The summed E-state index contributed by atoms with van der Waals surface area (Å²) in [7, 11) is 0. The van der Waals surface area contributed by atoms with Gasteiger partial charge in [-0.25, -0.2) is 15.0 Å². The summed E-state index contributed by atoms with van der Waals surface area (Å²) < 4.78 is 0. The maximum absolute atomic E-state index is 6.11. The first-order valence-electron chi connectivity index (χ1n) is 7.87. The number of anilines is 1. The van der Waals surface area contributed by atoms with Gasteiger partial charge in [0.25, 0.3) is 0 Å². The Morgan fingerprint density at radius 2 is 1.88 bits per heavy atom. The average Bonchev–Trinajstić information content (AvgIpc) is 3.08. The zero-order valence-corrected chi connectivity index (χ0v) is 14.5. The van der Waals surface area contributed by atoms with Gasteiger partial charge in [0.1, 0.15) is 11.8 Å². The number of aromatic nitrogens is 4. The van der Waals surface area contributed by atoms with Crippen LogP contribution in [0, 0.1) is 5.92 Å². The molecule has 1 saturated heterocycles. The van der Waals surface area contributed by atoms with Crippen LogP contribution in [0.4, 0.5) is 5.82 Å². The minimum Gasteiger partial charge on any atom is -0.355 e. The molecule has 1 radical (unpaired) electrons. The van der Waals surface area contributed by atoms with Gasteiger partial charge in [0.15, 0.2) is 11.5 Å². The summed E-state index contributed by atoms with van der Waals surface area (Å²) in [6, 6.07) is 5.87. The lowest BCUT2D eigenvalue weighted by Gasteiger charge is -2.32. The Morgan fingerprint density at radius 1 is 1.04 bits per heavy atom. The van der Waals surface area contributed by atoms with Gasteiger partial charge in [-0.15, -0.1) is 0 Å².